The van der Waals surface area contributed by atoms with Gasteiger partial charge in [0, 0.05) is 36.5 Å². The van der Waals surface area contributed by atoms with Crippen molar-refractivity contribution in [2.45, 2.75) is 13.0 Å². The molecule has 0 aliphatic carbocycles. The van der Waals surface area contributed by atoms with Gasteiger partial charge in [-0.1, -0.05) is 11.6 Å². The first-order chi connectivity index (χ1) is 12.2. The number of methoxy groups -OCH3 is 1. The summed E-state index contributed by atoms with van der Waals surface area (Å²) in [5.41, 5.74) is 3.09. The number of ether oxygens (including phenoxy) is 1. The molecule has 9 heteroatoms. The number of hydrogen-bond acceptors (Lipinski definition) is 6. The van der Waals surface area contributed by atoms with E-state index in [1.54, 1.807) is 24.0 Å². The molecule has 0 aromatic carbocycles. The van der Waals surface area contributed by atoms with Gasteiger partial charge in [-0.15, -0.1) is 0 Å². The fourth-order valence-electron chi connectivity index (χ4n) is 2.69. The van der Waals surface area contributed by atoms with Crippen LogP contribution in [0.1, 0.15) is 6.92 Å². The Morgan fingerprint density at radius 3 is 3.04 bits per heavy atom. The number of imidazole rings is 1. The molecule has 0 aliphatic heterocycles. The number of H-pyrrole nitrogens is 1. The average molecular weight is 358 g/mol. The minimum absolute atomic E-state index is 0.115. The van der Waals surface area contributed by atoms with Gasteiger partial charge in [-0.25, -0.2) is 14.5 Å². The summed E-state index contributed by atoms with van der Waals surface area (Å²) in [5, 5.41) is 9.08. The van der Waals surface area contributed by atoms with Crippen LogP contribution in [0.15, 0.2) is 30.7 Å². The smallest absolute Gasteiger partial charge is 0.224 e. The summed E-state index contributed by atoms with van der Waals surface area (Å²) >= 11 is 6.11. The van der Waals surface area contributed by atoms with Crippen LogP contribution >= 0.6 is 11.6 Å². The Morgan fingerprint density at radius 2 is 2.20 bits per heavy atom. The quantitative estimate of drug-likeness (QED) is 0.570. The maximum absolute atomic E-state index is 6.11. The van der Waals surface area contributed by atoms with Crippen LogP contribution in [0, 0.1) is 0 Å². The van der Waals surface area contributed by atoms with E-state index in [-0.39, 0.29) is 6.04 Å². The molecule has 8 nitrogen and oxygen atoms in total. The van der Waals surface area contributed by atoms with Gasteiger partial charge in [-0.05, 0) is 19.1 Å². The van der Waals surface area contributed by atoms with Crippen LogP contribution in [0.3, 0.4) is 0 Å². The molecule has 0 aliphatic rings. The number of anilines is 1. The van der Waals surface area contributed by atoms with Gasteiger partial charge in [-0.3, -0.25) is 0 Å². The van der Waals surface area contributed by atoms with Crippen LogP contribution in [-0.2, 0) is 4.74 Å². The van der Waals surface area contributed by atoms with Crippen molar-refractivity contribution in [1.82, 2.24) is 29.5 Å². The van der Waals surface area contributed by atoms with Crippen molar-refractivity contribution in [1.29, 1.82) is 0 Å². The Labute approximate surface area is 148 Å². The molecule has 4 aromatic rings. The van der Waals surface area contributed by atoms with Gasteiger partial charge in [0.1, 0.15) is 5.65 Å². The number of hydrogen-bond donors (Lipinski definition) is 2. The lowest BCUT2D eigenvalue weighted by molar-refractivity contribution is 0.190. The van der Waals surface area contributed by atoms with Crippen molar-refractivity contribution in [2.24, 2.45) is 0 Å². The number of fused-ring (bicyclic) bond motifs is 2. The van der Waals surface area contributed by atoms with Crippen molar-refractivity contribution in [3.05, 3.63) is 35.9 Å². The highest BCUT2D eigenvalue weighted by molar-refractivity contribution is 6.29. The summed E-state index contributed by atoms with van der Waals surface area (Å²) in [6, 6.07) is 3.88. The molecular formula is C16H16ClN7O. The summed E-state index contributed by atoms with van der Waals surface area (Å²) in [4.78, 5) is 16.2. The van der Waals surface area contributed by atoms with Crippen LogP contribution < -0.4 is 5.32 Å². The molecule has 25 heavy (non-hydrogen) atoms. The number of nitrogens with zero attached hydrogens (tertiary/aromatic N) is 5. The van der Waals surface area contributed by atoms with Gasteiger partial charge in [0.25, 0.3) is 0 Å². The first-order valence-electron chi connectivity index (χ1n) is 7.76. The standard InChI is InChI=1S/C16H16ClN7O/c1-9(8-25-2)21-16-20-6-11-10(5-19-15(11)22-16)12-3-4-14-18-7-13(17)24(14)23-12/h3-7,9H,8H2,1-2H3,(H2,19,20,21,22)/t9-/m0/s1. The third-order valence-corrected chi connectivity index (χ3v) is 4.08. The molecule has 0 saturated carbocycles. The molecule has 1 atom stereocenters. The second-order valence-electron chi connectivity index (χ2n) is 5.73. The summed E-state index contributed by atoms with van der Waals surface area (Å²) in [6.45, 7) is 2.58. The maximum Gasteiger partial charge on any atom is 0.224 e. The Bertz CT molecular complexity index is 1040. The molecular weight excluding hydrogens is 342 g/mol. The van der Waals surface area contributed by atoms with Crippen LogP contribution in [0.5, 0.6) is 0 Å². The number of halogens is 1. The van der Waals surface area contributed by atoms with E-state index in [0.29, 0.717) is 23.4 Å². The van der Waals surface area contributed by atoms with Crippen LogP contribution in [0.25, 0.3) is 27.9 Å². The highest BCUT2D eigenvalue weighted by atomic mass is 35.5. The summed E-state index contributed by atoms with van der Waals surface area (Å²) in [7, 11) is 1.66. The summed E-state index contributed by atoms with van der Waals surface area (Å²) < 4.78 is 6.71. The van der Waals surface area contributed by atoms with Crippen molar-refractivity contribution >= 4 is 34.2 Å². The SMILES string of the molecule is COC[C@H](C)Nc1ncc2c(-c3ccc4ncc(Cl)n4n3)c[nH]c2n1. The second-order valence-corrected chi connectivity index (χ2v) is 6.12. The normalized spacial score (nSPS) is 12.8. The monoisotopic (exact) mass is 357 g/mol. The number of aromatic nitrogens is 6. The van der Waals surface area contributed by atoms with Crippen molar-refractivity contribution < 1.29 is 4.74 Å². The van der Waals surface area contributed by atoms with E-state index < -0.39 is 0 Å². The minimum Gasteiger partial charge on any atom is -0.383 e. The predicted octanol–water partition coefficient (Wildman–Crippen LogP) is 2.77. The van der Waals surface area contributed by atoms with Crippen molar-refractivity contribution in [3.63, 3.8) is 0 Å². The highest BCUT2D eigenvalue weighted by Gasteiger charge is 2.13. The second kappa shape index (κ2) is 6.30. The van der Waals surface area contributed by atoms with Crippen molar-refractivity contribution in [2.75, 3.05) is 19.0 Å². The Morgan fingerprint density at radius 1 is 1.32 bits per heavy atom. The predicted molar refractivity (Wildman–Crippen MR) is 95.8 cm³/mol. The Kier molecular flexibility index (Phi) is 3.98. The molecule has 0 amide bonds. The third-order valence-electron chi connectivity index (χ3n) is 3.82. The number of aromatic amines is 1. The molecule has 4 aromatic heterocycles. The zero-order valence-electron chi connectivity index (χ0n) is 13.7. The van der Waals surface area contributed by atoms with E-state index in [1.165, 1.54) is 0 Å². The third kappa shape index (κ3) is 2.90. The zero-order valence-corrected chi connectivity index (χ0v) is 14.4. The van der Waals surface area contributed by atoms with E-state index in [4.69, 9.17) is 16.3 Å². The van der Waals surface area contributed by atoms with E-state index >= 15 is 0 Å². The average Bonchev–Trinajstić information content (AvgIpc) is 3.18. The molecule has 4 rings (SSSR count). The largest absolute Gasteiger partial charge is 0.383 e. The van der Waals surface area contributed by atoms with E-state index in [0.717, 1.165) is 22.3 Å². The van der Waals surface area contributed by atoms with Crippen LogP contribution in [-0.4, -0.2) is 49.3 Å². The van der Waals surface area contributed by atoms with Gasteiger partial charge >= 0.3 is 0 Å². The van der Waals surface area contributed by atoms with Gasteiger partial charge in [0.05, 0.1) is 18.5 Å². The topological polar surface area (TPSA) is 93.0 Å². The van der Waals surface area contributed by atoms with E-state index in [9.17, 15) is 0 Å². The molecule has 0 fully saturated rings. The van der Waals surface area contributed by atoms with Gasteiger partial charge in [0.15, 0.2) is 10.8 Å². The fourth-order valence-corrected chi connectivity index (χ4v) is 2.86. The maximum atomic E-state index is 6.11. The lowest BCUT2D eigenvalue weighted by atomic mass is 10.2. The highest BCUT2D eigenvalue weighted by Crippen LogP contribution is 2.27. The molecule has 2 N–H and O–H groups in total. The molecule has 128 valence electrons. The fraction of sp³-hybridized carbons (Fsp3) is 0.250. The Hall–Kier alpha value is -2.71. The lowest BCUT2D eigenvalue weighted by Gasteiger charge is -2.12. The molecule has 0 unspecified atom stereocenters. The number of rotatable bonds is 5. The summed E-state index contributed by atoms with van der Waals surface area (Å²) in [6.07, 6.45) is 5.21. The number of nitrogens with one attached hydrogen (secondary N) is 2. The molecule has 0 bridgehead atoms. The molecule has 4 heterocycles. The summed E-state index contributed by atoms with van der Waals surface area (Å²) in [5.74, 6) is 0.548. The first-order valence-corrected chi connectivity index (χ1v) is 8.14. The zero-order chi connectivity index (χ0) is 17.4. The van der Waals surface area contributed by atoms with Gasteiger partial charge in [0.2, 0.25) is 5.95 Å². The van der Waals surface area contributed by atoms with Gasteiger partial charge < -0.3 is 15.0 Å². The van der Waals surface area contributed by atoms with E-state index in [1.807, 2.05) is 25.3 Å². The van der Waals surface area contributed by atoms with Crippen LogP contribution in [0.4, 0.5) is 5.95 Å². The lowest BCUT2D eigenvalue weighted by Crippen LogP contribution is -2.22. The minimum atomic E-state index is 0.115. The molecule has 0 radical (unpaired) electrons. The van der Waals surface area contributed by atoms with E-state index in [2.05, 4.69) is 30.4 Å². The first kappa shape index (κ1) is 15.8. The van der Waals surface area contributed by atoms with Crippen molar-refractivity contribution in [3.8, 4) is 11.3 Å². The van der Waals surface area contributed by atoms with Crippen LogP contribution in [0.2, 0.25) is 5.15 Å². The van der Waals surface area contributed by atoms with Gasteiger partial charge in [-0.2, -0.15) is 10.1 Å². The molecule has 0 spiro atoms. The molecule has 0 saturated heterocycles. The Balaban J connectivity index is 1.71.